The third-order valence-corrected chi connectivity index (χ3v) is 10.9. The number of carbonyl (C=O) groups is 4. The van der Waals surface area contributed by atoms with Crippen molar-refractivity contribution in [2.75, 3.05) is 32.0 Å². The molecule has 2 aliphatic rings. The van der Waals surface area contributed by atoms with E-state index in [0.717, 1.165) is 64.7 Å². The van der Waals surface area contributed by atoms with Crippen molar-refractivity contribution in [2.45, 2.75) is 91.4 Å². The minimum absolute atomic E-state index is 0.113. The van der Waals surface area contributed by atoms with E-state index in [1.54, 1.807) is 25.0 Å². The van der Waals surface area contributed by atoms with Crippen LogP contribution >= 0.6 is 0 Å². The molecule has 2 aliphatic heterocycles. The van der Waals surface area contributed by atoms with Crippen LogP contribution in [-0.2, 0) is 19.1 Å². The molecule has 5 N–H and O–H groups in total. The number of hydrogen-bond donors (Lipinski definition) is 4. The highest BCUT2D eigenvalue weighted by atomic mass is 16.6. The summed E-state index contributed by atoms with van der Waals surface area (Å²) in [7, 11) is 0. The lowest BCUT2D eigenvalue weighted by molar-refractivity contribution is -0.135. The first-order valence-corrected chi connectivity index (χ1v) is 20.4. The van der Waals surface area contributed by atoms with Crippen LogP contribution < -0.4 is 16.4 Å². The van der Waals surface area contributed by atoms with Gasteiger partial charge < -0.3 is 40.6 Å². The Morgan fingerprint density at radius 2 is 1.36 bits per heavy atom. The number of carbonyl (C=O) groups excluding carboxylic acids is 4. The van der Waals surface area contributed by atoms with E-state index >= 15 is 0 Å². The molecule has 0 bridgehead atoms. The average Bonchev–Trinajstić information content (AvgIpc) is 4.00. The van der Waals surface area contributed by atoms with Gasteiger partial charge in [0.2, 0.25) is 11.8 Å². The van der Waals surface area contributed by atoms with E-state index in [2.05, 4.69) is 52.0 Å². The summed E-state index contributed by atoms with van der Waals surface area (Å²) in [4.78, 5) is 68.2. The number of alkyl carbamates (subject to hydrolysis) is 2. The maximum atomic E-state index is 13.7. The summed E-state index contributed by atoms with van der Waals surface area (Å²) in [6.07, 6.45) is 5.61. The highest BCUT2D eigenvalue weighted by molar-refractivity contribution is 5.92. The van der Waals surface area contributed by atoms with E-state index < -0.39 is 24.3 Å². The van der Waals surface area contributed by atoms with Crippen LogP contribution in [0.4, 0.5) is 21.0 Å². The molecular weight excluding hydrogens is 737 g/mol. The van der Waals surface area contributed by atoms with Gasteiger partial charge in [-0.05, 0) is 97.5 Å². The molecular formula is C44H56N8O6. The topological polar surface area (TPSA) is 184 Å². The Balaban J connectivity index is 1.16. The fourth-order valence-corrected chi connectivity index (χ4v) is 7.77. The number of benzene rings is 3. The number of fused-ring (bicyclic) bond motifs is 1. The number of rotatable bonds is 13. The molecule has 2 saturated heterocycles. The van der Waals surface area contributed by atoms with Gasteiger partial charge in [0.1, 0.15) is 17.9 Å². The molecule has 58 heavy (non-hydrogen) atoms. The number of nitrogens with zero attached hydrogens (tertiary/aromatic N) is 4. The van der Waals surface area contributed by atoms with Gasteiger partial charge in [-0.25, -0.2) is 14.6 Å². The minimum Gasteiger partial charge on any atom is -0.450 e. The molecule has 0 radical (unpaired) electrons. The van der Waals surface area contributed by atoms with Crippen LogP contribution in [-0.4, -0.2) is 94.4 Å². The Hall–Kier alpha value is -5.92. The van der Waals surface area contributed by atoms with Crippen molar-refractivity contribution < 1.29 is 28.7 Å². The fraction of sp³-hybridized carbons (Fsp3) is 0.455. The molecule has 2 fully saturated rings. The van der Waals surface area contributed by atoms with Crippen LogP contribution in [0.2, 0.25) is 0 Å². The minimum atomic E-state index is -0.700. The zero-order chi connectivity index (χ0) is 41.5. The number of aliphatic imine (C=N–C) groups is 1. The first-order chi connectivity index (χ1) is 27.9. The van der Waals surface area contributed by atoms with Gasteiger partial charge in [-0.3, -0.25) is 14.6 Å². The molecule has 6 rings (SSSR count). The molecule has 1 aromatic heterocycles. The summed E-state index contributed by atoms with van der Waals surface area (Å²) in [6.45, 7) is 12.7. The molecule has 0 saturated carbocycles. The number of H-pyrrole nitrogens is 1. The Morgan fingerprint density at radius 3 is 2.00 bits per heavy atom. The molecule has 0 unspecified atom stereocenters. The Morgan fingerprint density at radius 1 is 0.810 bits per heavy atom. The van der Waals surface area contributed by atoms with E-state index in [1.807, 2.05) is 57.0 Å². The number of anilines is 1. The van der Waals surface area contributed by atoms with Crippen LogP contribution in [0, 0.1) is 11.8 Å². The third kappa shape index (κ3) is 9.43. The number of imidazole rings is 1. The molecule has 3 heterocycles. The zero-order valence-electron chi connectivity index (χ0n) is 34.3. The highest BCUT2D eigenvalue weighted by Gasteiger charge is 2.38. The number of aromatic amines is 1. The fourth-order valence-electron chi connectivity index (χ4n) is 7.77. The van der Waals surface area contributed by atoms with Gasteiger partial charge in [0.05, 0.1) is 48.6 Å². The number of amides is 4. The highest BCUT2D eigenvalue weighted by Crippen LogP contribution is 2.35. The summed E-state index contributed by atoms with van der Waals surface area (Å²) in [5, 5.41) is 7.59. The van der Waals surface area contributed by atoms with Crippen molar-refractivity contribution in [1.82, 2.24) is 30.4 Å². The van der Waals surface area contributed by atoms with E-state index in [4.69, 9.17) is 25.2 Å². The standard InChI is InChI=1S/C44H56N8O6/c1-7-57-43(55)49-38(26(3)4)41(53)51-19-9-11-33(51)24-46-35-23-31(17-18-34(35)45)29-13-14-30-22-32(16-15-28(30)21-29)36-25-47-40(48-36)37-12-10-20-52(37)42(54)39(27(5)6)50-44(56)58-8-2/h13-18,21-27,33,37-39H,7-12,19-20,45H2,1-6H3,(H,47,48)(H,49,55)(H,50,56)/t33-,37-,38-,39-/m0/s1. The monoisotopic (exact) mass is 792 g/mol. The molecule has 4 atom stereocenters. The summed E-state index contributed by atoms with van der Waals surface area (Å²) in [5.41, 5.74) is 11.3. The lowest BCUT2D eigenvalue weighted by Gasteiger charge is -2.30. The van der Waals surface area contributed by atoms with Gasteiger partial charge in [-0.15, -0.1) is 0 Å². The van der Waals surface area contributed by atoms with E-state index in [-0.39, 0.29) is 48.9 Å². The third-order valence-electron chi connectivity index (χ3n) is 10.9. The Kier molecular flexibility index (Phi) is 13.3. The average molecular weight is 793 g/mol. The molecule has 4 amide bonds. The number of hydrogen-bond acceptors (Lipinski definition) is 9. The summed E-state index contributed by atoms with van der Waals surface area (Å²) >= 11 is 0. The zero-order valence-corrected chi connectivity index (χ0v) is 34.3. The number of nitrogens with two attached hydrogens (primary N) is 1. The lowest BCUT2D eigenvalue weighted by Crippen LogP contribution is -2.52. The number of nitrogen functional groups attached to an aromatic ring is 1. The van der Waals surface area contributed by atoms with Crippen LogP contribution in [0.3, 0.4) is 0 Å². The van der Waals surface area contributed by atoms with Crippen molar-refractivity contribution in [3.63, 3.8) is 0 Å². The van der Waals surface area contributed by atoms with Crippen LogP contribution in [0.5, 0.6) is 0 Å². The number of likely N-dealkylation sites (tertiary alicyclic amines) is 2. The predicted octanol–water partition coefficient (Wildman–Crippen LogP) is 7.38. The quantitative estimate of drug-likeness (QED) is 0.0799. The van der Waals surface area contributed by atoms with Gasteiger partial charge in [0.25, 0.3) is 0 Å². The largest absolute Gasteiger partial charge is 0.450 e. The molecule has 3 aromatic carbocycles. The Labute approximate surface area is 339 Å². The van der Waals surface area contributed by atoms with Gasteiger partial charge in [0.15, 0.2) is 0 Å². The van der Waals surface area contributed by atoms with Crippen LogP contribution in [0.1, 0.15) is 79.1 Å². The van der Waals surface area contributed by atoms with E-state index in [0.29, 0.717) is 24.5 Å². The number of nitrogens with one attached hydrogen (secondary N) is 3. The smallest absolute Gasteiger partial charge is 0.407 e. The summed E-state index contributed by atoms with van der Waals surface area (Å²) in [5.74, 6) is 0.195. The van der Waals surface area contributed by atoms with Crippen LogP contribution in [0.15, 0.2) is 65.8 Å². The molecule has 14 heteroatoms. The van der Waals surface area contributed by atoms with Gasteiger partial charge in [-0.1, -0.05) is 58.0 Å². The first kappa shape index (κ1) is 41.7. The van der Waals surface area contributed by atoms with Crippen molar-refractivity contribution in [2.24, 2.45) is 16.8 Å². The lowest BCUT2D eigenvalue weighted by atomic mass is 9.99. The van der Waals surface area contributed by atoms with Crippen molar-refractivity contribution >= 4 is 52.4 Å². The van der Waals surface area contributed by atoms with Crippen molar-refractivity contribution in [3.8, 4) is 22.4 Å². The molecule has 14 nitrogen and oxygen atoms in total. The normalized spacial score (nSPS) is 17.9. The van der Waals surface area contributed by atoms with E-state index in [9.17, 15) is 19.2 Å². The maximum Gasteiger partial charge on any atom is 0.407 e. The molecule has 308 valence electrons. The molecule has 0 aliphatic carbocycles. The second-order valence-electron chi connectivity index (χ2n) is 15.6. The van der Waals surface area contributed by atoms with Crippen LogP contribution in [0.25, 0.3) is 33.2 Å². The summed E-state index contributed by atoms with van der Waals surface area (Å²) < 4.78 is 10.1. The molecule has 4 aromatic rings. The van der Waals surface area contributed by atoms with Crippen molar-refractivity contribution in [1.29, 1.82) is 0 Å². The summed E-state index contributed by atoms with van der Waals surface area (Å²) in [6, 6.07) is 16.5. The van der Waals surface area contributed by atoms with Crippen molar-refractivity contribution in [3.05, 3.63) is 66.6 Å². The maximum absolute atomic E-state index is 13.7. The molecule has 0 spiro atoms. The Bertz CT molecular complexity index is 2150. The number of ether oxygens (including phenoxy) is 2. The number of aromatic nitrogens is 2. The first-order valence-electron chi connectivity index (χ1n) is 20.4. The van der Waals surface area contributed by atoms with Gasteiger partial charge in [0, 0.05) is 24.9 Å². The SMILES string of the molecule is CCOC(=O)N[C@H](C(=O)N1CCC[C@H]1C=Nc1cc(-c2ccc3cc(-c4cnc([C@@H]5CCCN5C(=O)[C@@H](NC(=O)OCC)C(C)C)[nH]4)ccc3c2)ccc1N)C(C)C. The van der Waals surface area contributed by atoms with Gasteiger partial charge in [-0.2, -0.15) is 0 Å². The second kappa shape index (κ2) is 18.6. The van der Waals surface area contributed by atoms with E-state index in [1.165, 1.54) is 0 Å². The second-order valence-corrected chi connectivity index (χ2v) is 15.6. The predicted molar refractivity (Wildman–Crippen MR) is 226 cm³/mol. The van der Waals surface area contributed by atoms with Gasteiger partial charge >= 0.3 is 12.2 Å².